The van der Waals surface area contributed by atoms with Gasteiger partial charge in [0.05, 0.1) is 12.4 Å². The number of hydrogen-bond donors (Lipinski definition) is 7. The number of carbonyl (C=O) groups excluding carboxylic acids is 3. The van der Waals surface area contributed by atoms with Gasteiger partial charge in [0.25, 0.3) is 0 Å². The summed E-state index contributed by atoms with van der Waals surface area (Å²) in [4.78, 5) is 56.4. The highest BCUT2D eigenvalue weighted by Gasteiger charge is 2.30. The van der Waals surface area contributed by atoms with Gasteiger partial charge >= 0.3 is 5.97 Å². The minimum absolute atomic E-state index is 0.0579. The molecule has 186 valence electrons. The Morgan fingerprint density at radius 3 is 2.12 bits per heavy atom. The Kier molecular flexibility index (Phi) is 12.1. The quantitative estimate of drug-likeness (QED) is 0.159. The number of carboxylic acids is 1. The van der Waals surface area contributed by atoms with Gasteiger partial charge in [-0.25, -0.2) is 9.78 Å². The number of carbonyl (C=O) groups is 4. The fraction of sp³-hybridized carbons (Fsp3) is 0.667. The number of aromatic nitrogens is 2. The van der Waals surface area contributed by atoms with Gasteiger partial charge in [-0.2, -0.15) is 0 Å². The fourth-order valence-electron chi connectivity index (χ4n) is 3.13. The second-order valence-corrected chi connectivity index (χ2v) is 8.51. The van der Waals surface area contributed by atoms with Crippen molar-refractivity contribution in [3.05, 3.63) is 18.2 Å². The van der Waals surface area contributed by atoms with Crippen LogP contribution in [0.3, 0.4) is 0 Å². The van der Waals surface area contributed by atoms with Gasteiger partial charge in [-0.15, -0.1) is 0 Å². The molecule has 0 saturated heterocycles. The van der Waals surface area contributed by atoms with Gasteiger partial charge in [0.1, 0.15) is 18.1 Å². The zero-order valence-corrected chi connectivity index (χ0v) is 19.5. The van der Waals surface area contributed by atoms with Gasteiger partial charge in [-0.3, -0.25) is 14.4 Å². The third-order valence-electron chi connectivity index (χ3n) is 4.93. The van der Waals surface area contributed by atoms with E-state index < -0.39 is 47.9 Å². The van der Waals surface area contributed by atoms with Crippen molar-refractivity contribution >= 4 is 23.7 Å². The van der Waals surface area contributed by atoms with E-state index in [1.165, 1.54) is 19.4 Å². The molecule has 0 aliphatic rings. The molecular formula is C21H37N7O5. The van der Waals surface area contributed by atoms with Gasteiger partial charge in [0.15, 0.2) is 0 Å². The van der Waals surface area contributed by atoms with Crippen molar-refractivity contribution in [1.29, 1.82) is 0 Å². The summed E-state index contributed by atoms with van der Waals surface area (Å²) >= 11 is 0. The lowest BCUT2D eigenvalue weighted by Gasteiger charge is -2.25. The number of aromatic amines is 1. The number of amides is 3. The maximum atomic E-state index is 13.0. The van der Waals surface area contributed by atoms with E-state index in [0.717, 1.165) is 0 Å². The molecule has 0 aliphatic heterocycles. The highest BCUT2D eigenvalue weighted by atomic mass is 16.4. The second-order valence-electron chi connectivity index (χ2n) is 8.51. The Balaban J connectivity index is 3.00. The van der Waals surface area contributed by atoms with E-state index >= 15 is 0 Å². The zero-order valence-electron chi connectivity index (χ0n) is 19.5. The van der Waals surface area contributed by atoms with E-state index in [1.54, 1.807) is 0 Å². The molecule has 0 saturated carbocycles. The molecule has 1 rings (SSSR count). The maximum Gasteiger partial charge on any atom is 0.326 e. The Morgan fingerprint density at radius 2 is 1.61 bits per heavy atom. The topological polar surface area (TPSA) is 205 Å². The summed E-state index contributed by atoms with van der Waals surface area (Å²) in [5.41, 5.74) is 11.6. The molecule has 1 aromatic rings. The van der Waals surface area contributed by atoms with Crippen LogP contribution in [-0.4, -0.2) is 69.5 Å². The van der Waals surface area contributed by atoms with E-state index in [0.29, 0.717) is 31.5 Å². The van der Waals surface area contributed by atoms with Crippen LogP contribution in [-0.2, 0) is 25.6 Å². The summed E-state index contributed by atoms with van der Waals surface area (Å²) in [6.45, 7) is 5.71. The molecule has 0 aliphatic carbocycles. The number of aliphatic carboxylic acids is 1. The summed E-state index contributed by atoms with van der Waals surface area (Å²) in [5.74, 6) is -2.80. The highest BCUT2D eigenvalue weighted by Crippen LogP contribution is 2.08. The number of rotatable bonds is 15. The van der Waals surface area contributed by atoms with Crippen molar-refractivity contribution < 1.29 is 24.3 Å². The predicted octanol–water partition coefficient (Wildman–Crippen LogP) is -0.986. The van der Waals surface area contributed by atoms with E-state index in [4.69, 9.17) is 11.5 Å². The van der Waals surface area contributed by atoms with Crippen molar-refractivity contribution in [2.24, 2.45) is 17.4 Å². The van der Waals surface area contributed by atoms with Crippen molar-refractivity contribution in [3.63, 3.8) is 0 Å². The second kappa shape index (κ2) is 14.2. The van der Waals surface area contributed by atoms with Gasteiger partial charge in [-0.1, -0.05) is 13.8 Å². The first kappa shape index (κ1) is 28.0. The van der Waals surface area contributed by atoms with Crippen LogP contribution in [0, 0.1) is 5.92 Å². The molecule has 0 aromatic carbocycles. The highest BCUT2D eigenvalue weighted by molar-refractivity contribution is 5.94. The predicted molar refractivity (Wildman–Crippen MR) is 122 cm³/mol. The van der Waals surface area contributed by atoms with Crippen molar-refractivity contribution in [2.75, 3.05) is 6.54 Å². The lowest BCUT2D eigenvalue weighted by Crippen LogP contribution is -2.57. The summed E-state index contributed by atoms with van der Waals surface area (Å²) in [5, 5.41) is 17.2. The Hall–Kier alpha value is -2.99. The van der Waals surface area contributed by atoms with Crippen LogP contribution in [0.1, 0.15) is 52.1 Å². The van der Waals surface area contributed by atoms with E-state index in [1.807, 2.05) is 13.8 Å². The van der Waals surface area contributed by atoms with Crippen molar-refractivity contribution in [2.45, 2.75) is 77.0 Å². The van der Waals surface area contributed by atoms with Crippen LogP contribution in [0.4, 0.5) is 0 Å². The largest absolute Gasteiger partial charge is 0.480 e. The van der Waals surface area contributed by atoms with Crippen LogP contribution >= 0.6 is 0 Å². The third kappa shape index (κ3) is 10.4. The number of carboxylic acid groups (broad SMARTS) is 1. The molecule has 0 spiro atoms. The zero-order chi connectivity index (χ0) is 25.0. The van der Waals surface area contributed by atoms with Gasteiger partial charge in [-0.05, 0) is 45.1 Å². The number of unbranched alkanes of at least 4 members (excludes halogenated alkanes) is 1. The molecule has 4 atom stereocenters. The lowest BCUT2D eigenvalue weighted by atomic mass is 10.0. The summed E-state index contributed by atoms with van der Waals surface area (Å²) in [7, 11) is 0. The summed E-state index contributed by atoms with van der Waals surface area (Å²) in [6.07, 6.45) is 4.70. The minimum atomic E-state index is -1.17. The monoisotopic (exact) mass is 467 g/mol. The molecule has 1 heterocycles. The SMILES string of the molecule is CC(C)CC(NC(=O)C(C)N)C(=O)NC(Cc1cnc[nH]1)C(=O)NC(CCCCN)C(=O)O. The average Bonchev–Trinajstić information content (AvgIpc) is 3.24. The minimum Gasteiger partial charge on any atom is -0.480 e. The smallest absolute Gasteiger partial charge is 0.326 e. The summed E-state index contributed by atoms with van der Waals surface area (Å²) in [6, 6.07) is -3.91. The van der Waals surface area contributed by atoms with Crippen LogP contribution in [0.5, 0.6) is 0 Å². The van der Waals surface area contributed by atoms with Gasteiger partial charge < -0.3 is 37.5 Å². The van der Waals surface area contributed by atoms with Crippen LogP contribution in [0.25, 0.3) is 0 Å². The number of hydrogen-bond acceptors (Lipinski definition) is 7. The summed E-state index contributed by atoms with van der Waals surface area (Å²) < 4.78 is 0. The van der Waals surface area contributed by atoms with E-state index in [9.17, 15) is 24.3 Å². The molecule has 0 bridgehead atoms. The molecule has 1 aromatic heterocycles. The van der Waals surface area contributed by atoms with Crippen LogP contribution in [0.15, 0.2) is 12.5 Å². The molecule has 4 unspecified atom stereocenters. The van der Waals surface area contributed by atoms with Crippen molar-refractivity contribution in [3.8, 4) is 0 Å². The number of nitrogens with two attached hydrogens (primary N) is 2. The standard InChI is InChI=1S/C21H37N7O5/c1-12(2)8-16(27-18(29)13(3)23)19(30)28-17(9-14-10-24-11-25-14)20(31)26-15(21(32)33)6-4-5-7-22/h10-13,15-17H,4-9,22-23H2,1-3H3,(H,24,25)(H,26,31)(H,27,29)(H,28,30)(H,32,33). The maximum absolute atomic E-state index is 13.0. The molecule has 9 N–H and O–H groups in total. The van der Waals surface area contributed by atoms with Gasteiger partial charge in [0, 0.05) is 18.3 Å². The average molecular weight is 468 g/mol. The molecule has 33 heavy (non-hydrogen) atoms. The first-order valence-electron chi connectivity index (χ1n) is 11.1. The number of H-pyrrole nitrogens is 1. The normalized spacial score (nSPS) is 14.7. The molecule has 3 amide bonds. The molecule has 0 radical (unpaired) electrons. The van der Waals surface area contributed by atoms with E-state index in [-0.39, 0.29) is 18.8 Å². The molecule has 12 nitrogen and oxygen atoms in total. The number of nitrogens with one attached hydrogen (secondary N) is 4. The Morgan fingerprint density at radius 1 is 1.00 bits per heavy atom. The fourth-order valence-corrected chi connectivity index (χ4v) is 3.13. The number of imidazole rings is 1. The van der Waals surface area contributed by atoms with E-state index in [2.05, 4.69) is 25.9 Å². The van der Waals surface area contributed by atoms with Gasteiger partial charge in [0.2, 0.25) is 17.7 Å². The van der Waals surface area contributed by atoms with Crippen LogP contribution < -0.4 is 27.4 Å². The molecule has 12 heteroatoms. The first-order valence-corrected chi connectivity index (χ1v) is 11.1. The Bertz CT molecular complexity index is 767. The number of nitrogens with zero attached hydrogens (tertiary/aromatic N) is 1. The Labute approximate surface area is 193 Å². The third-order valence-corrected chi connectivity index (χ3v) is 4.93. The first-order chi connectivity index (χ1) is 15.5. The lowest BCUT2D eigenvalue weighted by molar-refractivity contribution is -0.142. The molecule has 0 fully saturated rings. The van der Waals surface area contributed by atoms with Crippen molar-refractivity contribution in [1.82, 2.24) is 25.9 Å². The molecular weight excluding hydrogens is 430 g/mol. The van der Waals surface area contributed by atoms with Crippen LogP contribution in [0.2, 0.25) is 0 Å².